The first-order valence-corrected chi connectivity index (χ1v) is 10.7. The summed E-state index contributed by atoms with van der Waals surface area (Å²) in [6.07, 6.45) is 0.774. The van der Waals surface area contributed by atoms with E-state index in [9.17, 15) is 4.79 Å². The molecule has 0 radical (unpaired) electrons. The standard InChI is InChI=1S/C19H15BrN6OS2/c1-2-15-23-24-19-26(15)25-17(29-19)11-6-8-14(9-7-11)21-18(28)22-16(27)12-4-3-5-13(20)10-12/h3-10H,2H2,1H3,(H2,21,22,27,28). The van der Waals surface area contributed by atoms with Crippen molar-refractivity contribution in [2.24, 2.45) is 0 Å². The number of aryl methyl sites for hydroxylation is 1. The van der Waals surface area contributed by atoms with Crippen LogP contribution < -0.4 is 10.6 Å². The lowest BCUT2D eigenvalue weighted by Gasteiger charge is -2.10. The quantitative estimate of drug-likeness (QED) is 0.418. The molecule has 2 aromatic carbocycles. The van der Waals surface area contributed by atoms with Gasteiger partial charge in [-0.2, -0.15) is 9.61 Å². The van der Waals surface area contributed by atoms with Crippen LogP contribution in [0.5, 0.6) is 0 Å². The van der Waals surface area contributed by atoms with Crippen LogP contribution in [0.4, 0.5) is 5.69 Å². The number of carbonyl (C=O) groups is 1. The first-order valence-electron chi connectivity index (χ1n) is 8.73. The number of nitrogens with zero attached hydrogens (tertiary/aromatic N) is 4. The van der Waals surface area contributed by atoms with E-state index in [-0.39, 0.29) is 11.0 Å². The molecular formula is C19H15BrN6OS2. The molecule has 7 nitrogen and oxygen atoms in total. The molecule has 4 aromatic rings. The number of aromatic nitrogens is 4. The van der Waals surface area contributed by atoms with Gasteiger partial charge in [-0.3, -0.25) is 10.1 Å². The number of anilines is 1. The van der Waals surface area contributed by atoms with Crippen molar-refractivity contribution in [3.05, 3.63) is 64.4 Å². The van der Waals surface area contributed by atoms with Gasteiger partial charge in [0, 0.05) is 27.7 Å². The van der Waals surface area contributed by atoms with Crippen LogP contribution in [-0.2, 0) is 6.42 Å². The van der Waals surface area contributed by atoms with Crippen molar-refractivity contribution in [3.63, 3.8) is 0 Å². The fraction of sp³-hybridized carbons (Fsp3) is 0.105. The minimum absolute atomic E-state index is 0.231. The van der Waals surface area contributed by atoms with E-state index in [4.69, 9.17) is 12.2 Å². The third-order valence-corrected chi connectivity index (χ3v) is 5.72. The van der Waals surface area contributed by atoms with Crippen LogP contribution in [0.1, 0.15) is 23.1 Å². The Labute approximate surface area is 184 Å². The van der Waals surface area contributed by atoms with Crippen molar-refractivity contribution < 1.29 is 4.79 Å². The highest BCUT2D eigenvalue weighted by Crippen LogP contribution is 2.26. The van der Waals surface area contributed by atoms with E-state index in [1.807, 2.05) is 37.3 Å². The molecule has 0 aliphatic carbocycles. The Bertz CT molecular complexity index is 1200. The summed E-state index contributed by atoms with van der Waals surface area (Å²) in [5, 5.41) is 19.6. The molecule has 4 rings (SSSR count). The molecule has 29 heavy (non-hydrogen) atoms. The van der Waals surface area contributed by atoms with Gasteiger partial charge in [-0.15, -0.1) is 10.2 Å². The lowest BCUT2D eigenvalue weighted by molar-refractivity contribution is 0.0977. The van der Waals surface area contributed by atoms with E-state index in [1.54, 1.807) is 22.7 Å². The minimum atomic E-state index is -0.271. The molecule has 2 heterocycles. The zero-order valence-corrected chi connectivity index (χ0v) is 18.4. The molecule has 146 valence electrons. The molecule has 10 heteroatoms. The maximum atomic E-state index is 12.3. The fourth-order valence-corrected chi connectivity index (χ4v) is 4.13. The number of carbonyl (C=O) groups excluding carboxylic acids is 1. The van der Waals surface area contributed by atoms with Crippen molar-refractivity contribution in [3.8, 4) is 10.6 Å². The lowest BCUT2D eigenvalue weighted by Crippen LogP contribution is -2.34. The monoisotopic (exact) mass is 486 g/mol. The Morgan fingerprint density at radius 3 is 2.72 bits per heavy atom. The molecule has 0 aliphatic heterocycles. The number of halogens is 1. The predicted molar refractivity (Wildman–Crippen MR) is 121 cm³/mol. The molecule has 0 aliphatic rings. The summed E-state index contributed by atoms with van der Waals surface area (Å²) in [7, 11) is 0. The topological polar surface area (TPSA) is 84.2 Å². The number of hydrogen-bond acceptors (Lipinski definition) is 6. The van der Waals surface area contributed by atoms with Gasteiger partial charge < -0.3 is 5.32 Å². The summed E-state index contributed by atoms with van der Waals surface area (Å²) in [5.41, 5.74) is 2.26. The maximum absolute atomic E-state index is 12.3. The smallest absolute Gasteiger partial charge is 0.257 e. The molecule has 0 spiro atoms. The molecule has 2 aromatic heterocycles. The summed E-state index contributed by atoms with van der Waals surface area (Å²) in [6, 6.07) is 14.8. The Kier molecular flexibility index (Phi) is 5.65. The van der Waals surface area contributed by atoms with Crippen molar-refractivity contribution >= 4 is 61.2 Å². The predicted octanol–water partition coefficient (Wildman–Crippen LogP) is 4.30. The van der Waals surface area contributed by atoms with Crippen LogP contribution in [0.2, 0.25) is 0 Å². The van der Waals surface area contributed by atoms with Crippen LogP contribution in [0, 0.1) is 0 Å². The Balaban J connectivity index is 1.42. The number of nitrogens with one attached hydrogen (secondary N) is 2. The molecule has 0 saturated carbocycles. The Morgan fingerprint density at radius 2 is 2.00 bits per heavy atom. The van der Waals surface area contributed by atoms with Gasteiger partial charge >= 0.3 is 0 Å². The van der Waals surface area contributed by atoms with E-state index >= 15 is 0 Å². The fourth-order valence-electron chi connectivity index (χ4n) is 2.66. The SMILES string of the molecule is CCc1nnc2sc(-c3ccc(NC(=S)NC(=O)c4cccc(Br)c4)cc3)nn12. The van der Waals surface area contributed by atoms with Crippen LogP contribution >= 0.6 is 39.5 Å². The van der Waals surface area contributed by atoms with Gasteiger partial charge in [0.25, 0.3) is 5.91 Å². The van der Waals surface area contributed by atoms with Gasteiger partial charge in [0.1, 0.15) is 5.01 Å². The average Bonchev–Trinajstić information content (AvgIpc) is 3.29. The van der Waals surface area contributed by atoms with E-state index in [1.165, 1.54) is 11.3 Å². The van der Waals surface area contributed by atoms with Crippen LogP contribution in [0.3, 0.4) is 0 Å². The molecular weight excluding hydrogens is 472 g/mol. The molecule has 0 atom stereocenters. The van der Waals surface area contributed by atoms with Crippen LogP contribution in [0.15, 0.2) is 53.0 Å². The molecule has 1 amide bonds. The second kappa shape index (κ2) is 8.36. The number of rotatable bonds is 4. The highest BCUT2D eigenvalue weighted by molar-refractivity contribution is 9.10. The number of thiocarbonyl (C=S) groups is 1. The maximum Gasteiger partial charge on any atom is 0.257 e. The summed E-state index contributed by atoms with van der Waals surface area (Å²) < 4.78 is 2.61. The molecule has 2 N–H and O–H groups in total. The zero-order valence-electron chi connectivity index (χ0n) is 15.2. The van der Waals surface area contributed by atoms with E-state index in [2.05, 4.69) is 41.9 Å². The van der Waals surface area contributed by atoms with E-state index < -0.39 is 0 Å². The van der Waals surface area contributed by atoms with Crippen LogP contribution in [0.25, 0.3) is 15.5 Å². The molecule has 0 unspecified atom stereocenters. The Hall–Kier alpha value is -2.69. The largest absolute Gasteiger partial charge is 0.332 e. The summed E-state index contributed by atoms with van der Waals surface area (Å²) in [4.78, 5) is 13.0. The Morgan fingerprint density at radius 1 is 1.21 bits per heavy atom. The minimum Gasteiger partial charge on any atom is -0.332 e. The number of hydrogen-bond donors (Lipinski definition) is 2. The van der Waals surface area contributed by atoms with E-state index in [0.29, 0.717) is 5.56 Å². The van der Waals surface area contributed by atoms with Gasteiger partial charge in [0.15, 0.2) is 10.9 Å². The third-order valence-electron chi connectivity index (χ3n) is 4.08. The average molecular weight is 487 g/mol. The van der Waals surface area contributed by atoms with Crippen molar-refractivity contribution in [1.29, 1.82) is 0 Å². The van der Waals surface area contributed by atoms with Crippen molar-refractivity contribution in [1.82, 2.24) is 25.1 Å². The first kappa shape index (κ1) is 19.6. The highest BCUT2D eigenvalue weighted by Gasteiger charge is 2.12. The van der Waals surface area contributed by atoms with E-state index in [0.717, 1.165) is 37.9 Å². The van der Waals surface area contributed by atoms with Gasteiger partial charge in [-0.05, 0) is 54.7 Å². The zero-order chi connectivity index (χ0) is 20.4. The summed E-state index contributed by atoms with van der Waals surface area (Å²) >= 11 is 10.1. The number of fused-ring (bicyclic) bond motifs is 1. The molecule has 0 saturated heterocycles. The summed E-state index contributed by atoms with van der Waals surface area (Å²) in [5.74, 6) is 0.569. The number of benzene rings is 2. The number of amides is 1. The van der Waals surface area contributed by atoms with Crippen molar-refractivity contribution in [2.75, 3.05) is 5.32 Å². The van der Waals surface area contributed by atoms with Crippen molar-refractivity contribution in [2.45, 2.75) is 13.3 Å². The van der Waals surface area contributed by atoms with Gasteiger partial charge in [0.05, 0.1) is 0 Å². The summed E-state index contributed by atoms with van der Waals surface area (Å²) in [6.45, 7) is 2.02. The first-order chi connectivity index (χ1) is 14.0. The second-order valence-corrected chi connectivity index (χ2v) is 8.35. The van der Waals surface area contributed by atoms with Gasteiger partial charge in [0.2, 0.25) is 4.96 Å². The third kappa shape index (κ3) is 4.34. The highest BCUT2D eigenvalue weighted by atomic mass is 79.9. The second-order valence-electron chi connectivity index (χ2n) is 6.07. The van der Waals surface area contributed by atoms with Gasteiger partial charge in [-0.1, -0.05) is 40.3 Å². The van der Waals surface area contributed by atoms with Gasteiger partial charge in [-0.25, -0.2) is 0 Å². The lowest BCUT2D eigenvalue weighted by atomic mass is 10.2. The normalized spacial score (nSPS) is 10.8. The van der Waals surface area contributed by atoms with Crippen LogP contribution in [-0.4, -0.2) is 30.8 Å². The molecule has 0 bridgehead atoms. The molecule has 0 fully saturated rings.